The van der Waals surface area contributed by atoms with Crippen molar-refractivity contribution in [3.8, 4) is 0 Å². The summed E-state index contributed by atoms with van der Waals surface area (Å²) >= 11 is 0. The van der Waals surface area contributed by atoms with Crippen LogP contribution in [0.4, 0.5) is 10.7 Å². The van der Waals surface area contributed by atoms with E-state index in [2.05, 4.69) is 23.3 Å². The van der Waals surface area contributed by atoms with Crippen LogP contribution < -0.4 is 4.57 Å². The number of aliphatic imine (C=N–C) groups is 1. The minimum Gasteiger partial charge on any atom is -0.302 e. The number of amidine groups is 1. The lowest BCUT2D eigenvalue weighted by Crippen LogP contribution is -2.59. The summed E-state index contributed by atoms with van der Waals surface area (Å²) in [7, 11) is 1.73. The Morgan fingerprint density at radius 2 is 1.82 bits per heavy atom. The summed E-state index contributed by atoms with van der Waals surface area (Å²) in [6.45, 7) is 10.4. The normalized spacial score (nSPS) is 22.6. The number of aromatic nitrogens is 2. The van der Waals surface area contributed by atoms with Crippen molar-refractivity contribution in [1.82, 2.24) is 19.3 Å². The molecule has 3 amide bonds. The molecule has 2 saturated heterocycles. The highest BCUT2D eigenvalue weighted by atomic mass is 16.2. The van der Waals surface area contributed by atoms with E-state index in [1.165, 1.54) is 24.2 Å². The molecule has 8 heteroatoms. The van der Waals surface area contributed by atoms with Gasteiger partial charge in [-0.15, -0.1) is 0 Å². The van der Waals surface area contributed by atoms with Gasteiger partial charge in [-0.1, -0.05) is 18.3 Å². The standard InChI is InChI=1S/C20H31N6O2/c1-5-9-24-14(2)15(3)26-16-17(21-19(24)26)22(4)20(28)25(18(16)27)13-12-23-10-7-6-8-11-23/h16H,5-13H2,1-4H3/q+1. The number of imide groups is 1. The van der Waals surface area contributed by atoms with Gasteiger partial charge in [-0.3, -0.25) is 14.6 Å². The Bertz CT molecular complexity index is 836. The fourth-order valence-electron chi connectivity index (χ4n) is 4.62. The van der Waals surface area contributed by atoms with Crippen molar-refractivity contribution in [2.24, 2.45) is 4.99 Å². The Balaban J connectivity index is 1.63. The largest absolute Gasteiger partial charge is 0.402 e. The Labute approximate surface area is 166 Å². The zero-order valence-corrected chi connectivity index (χ0v) is 17.4. The Morgan fingerprint density at radius 3 is 2.50 bits per heavy atom. The van der Waals surface area contributed by atoms with E-state index in [-0.39, 0.29) is 11.9 Å². The maximum Gasteiger partial charge on any atom is 0.402 e. The molecule has 1 atom stereocenters. The molecular formula is C20H31N6O2+. The van der Waals surface area contributed by atoms with Crippen LogP contribution in [0.5, 0.6) is 0 Å². The van der Waals surface area contributed by atoms with Crippen LogP contribution in [0.2, 0.25) is 0 Å². The lowest BCUT2D eigenvalue weighted by Gasteiger charge is -2.35. The summed E-state index contributed by atoms with van der Waals surface area (Å²) in [4.78, 5) is 36.3. The van der Waals surface area contributed by atoms with Gasteiger partial charge in [0.05, 0.1) is 6.54 Å². The molecular weight excluding hydrogens is 356 g/mol. The first-order valence-corrected chi connectivity index (χ1v) is 10.5. The first-order chi connectivity index (χ1) is 13.5. The summed E-state index contributed by atoms with van der Waals surface area (Å²) in [6.07, 6.45) is 4.66. The van der Waals surface area contributed by atoms with Crippen molar-refractivity contribution in [3.63, 3.8) is 0 Å². The Kier molecular flexibility index (Phi) is 4.99. The third-order valence-electron chi connectivity index (χ3n) is 6.36. The van der Waals surface area contributed by atoms with Gasteiger partial charge in [0, 0.05) is 20.1 Å². The number of carbonyl (C=O) groups is 2. The topological polar surface area (TPSA) is 65.0 Å². The highest BCUT2D eigenvalue weighted by molar-refractivity contribution is 6.20. The predicted octanol–water partition coefficient (Wildman–Crippen LogP) is 1.77. The van der Waals surface area contributed by atoms with Crippen LogP contribution in [-0.4, -0.2) is 70.3 Å². The minimum atomic E-state index is -0.532. The average Bonchev–Trinajstić information content (AvgIpc) is 3.19. The monoisotopic (exact) mass is 387 g/mol. The van der Waals surface area contributed by atoms with Gasteiger partial charge < -0.3 is 4.90 Å². The van der Waals surface area contributed by atoms with Crippen LogP contribution in [0.25, 0.3) is 0 Å². The molecule has 8 nitrogen and oxygen atoms in total. The van der Waals surface area contributed by atoms with E-state index in [1.807, 2.05) is 11.5 Å². The summed E-state index contributed by atoms with van der Waals surface area (Å²) in [6, 6.07) is -0.796. The van der Waals surface area contributed by atoms with E-state index >= 15 is 0 Å². The molecule has 4 rings (SSSR count). The zero-order valence-electron chi connectivity index (χ0n) is 17.4. The zero-order chi connectivity index (χ0) is 20.0. The molecule has 3 aliphatic rings. The number of amides is 3. The smallest absolute Gasteiger partial charge is 0.302 e. The predicted molar refractivity (Wildman–Crippen MR) is 106 cm³/mol. The number of nitrogens with zero attached hydrogens (tertiary/aromatic N) is 6. The van der Waals surface area contributed by atoms with Gasteiger partial charge in [-0.25, -0.2) is 13.9 Å². The van der Waals surface area contributed by atoms with Crippen molar-refractivity contribution in [1.29, 1.82) is 0 Å². The van der Waals surface area contributed by atoms with E-state index in [9.17, 15) is 9.59 Å². The second kappa shape index (κ2) is 7.31. The number of likely N-dealkylation sites (N-methyl/N-ethyl adjacent to an activating group) is 1. The third-order valence-corrected chi connectivity index (χ3v) is 6.36. The van der Waals surface area contributed by atoms with E-state index in [0.29, 0.717) is 12.4 Å². The number of hydrogen-bond donors (Lipinski definition) is 0. The van der Waals surface area contributed by atoms with Crippen molar-refractivity contribution in [2.75, 3.05) is 33.2 Å². The molecule has 2 fully saturated rings. The molecule has 152 valence electrons. The van der Waals surface area contributed by atoms with E-state index in [0.717, 1.165) is 49.9 Å². The number of carbonyl (C=O) groups excluding carboxylic acids is 2. The quantitative estimate of drug-likeness (QED) is 0.724. The number of rotatable bonds is 5. The molecule has 0 bridgehead atoms. The molecule has 4 heterocycles. The number of likely N-dealkylation sites (tertiary alicyclic amines) is 1. The van der Waals surface area contributed by atoms with Crippen LogP contribution in [0, 0.1) is 13.8 Å². The fourth-order valence-corrected chi connectivity index (χ4v) is 4.62. The molecule has 0 spiro atoms. The molecule has 28 heavy (non-hydrogen) atoms. The molecule has 3 aliphatic heterocycles. The number of fused-ring (bicyclic) bond motifs is 3. The number of hydrogen-bond acceptors (Lipinski definition) is 4. The highest BCUT2D eigenvalue weighted by Crippen LogP contribution is 2.35. The van der Waals surface area contributed by atoms with Crippen molar-refractivity contribution in [2.45, 2.75) is 59.0 Å². The first-order valence-electron chi connectivity index (χ1n) is 10.5. The highest BCUT2D eigenvalue weighted by Gasteiger charge is 2.53. The molecule has 0 radical (unpaired) electrons. The van der Waals surface area contributed by atoms with Gasteiger partial charge in [0.25, 0.3) is 5.91 Å². The lowest BCUT2D eigenvalue weighted by atomic mass is 10.1. The van der Waals surface area contributed by atoms with Gasteiger partial charge in [0.15, 0.2) is 0 Å². The summed E-state index contributed by atoms with van der Waals surface area (Å²) in [5.41, 5.74) is 2.17. The Hall–Kier alpha value is -2.22. The second-order valence-corrected chi connectivity index (χ2v) is 8.10. The molecule has 1 aromatic heterocycles. The van der Waals surface area contributed by atoms with E-state index in [1.54, 1.807) is 11.9 Å². The molecule has 1 aromatic rings. The molecule has 0 N–H and O–H groups in total. The van der Waals surface area contributed by atoms with Crippen LogP contribution in [-0.2, 0) is 11.3 Å². The van der Waals surface area contributed by atoms with Crippen molar-refractivity contribution >= 4 is 23.7 Å². The van der Waals surface area contributed by atoms with Crippen LogP contribution in [0.15, 0.2) is 4.99 Å². The van der Waals surface area contributed by atoms with Gasteiger partial charge >= 0.3 is 12.0 Å². The maximum absolute atomic E-state index is 13.4. The Morgan fingerprint density at radius 1 is 1.11 bits per heavy atom. The molecule has 0 aromatic carbocycles. The second-order valence-electron chi connectivity index (χ2n) is 8.10. The van der Waals surface area contributed by atoms with Crippen LogP contribution >= 0.6 is 0 Å². The molecule has 1 unspecified atom stereocenters. The maximum atomic E-state index is 13.4. The minimum absolute atomic E-state index is 0.153. The van der Waals surface area contributed by atoms with Gasteiger partial charge in [-0.2, -0.15) is 0 Å². The van der Waals surface area contributed by atoms with Gasteiger partial charge in [0.2, 0.25) is 11.9 Å². The summed E-state index contributed by atoms with van der Waals surface area (Å²) < 4.78 is 4.17. The van der Waals surface area contributed by atoms with E-state index < -0.39 is 6.04 Å². The number of piperidine rings is 1. The third kappa shape index (κ3) is 2.85. The van der Waals surface area contributed by atoms with Crippen LogP contribution in [0.3, 0.4) is 0 Å². The van der Waals surface area contributed by atoms with Crippen LogP contribution in [0.1, 0.15) is 50.0 Å². The summed E-state index contributed by atoms with van der Waals surface area (Å²) in [5, 5.41) is 0. The van der Waals surface area contributed by atoms with Crippen molar-refractivity contribution < 1.29 is 14.2 Å². The first kappa shape index (κ1) is 19.1. The SMILES string of the molecule is CCC[n+]1c(C)c(C)n2c1N=C1C2C(=O)N(CCN2CCCCC2)C(=O)N1C. The lowest BCUT2D eigenvalue weighted by molar-refractivity contribution is -0.689. The molecule has 0 saturated carbocycles. The average molecular weight is 388 g/mol. The van der Waals surface area contributed by atoms with Gasteiger partial charge in [0.1, 0.15) is 11.4 Å². The number of urea groups is 1. The summed E-state index contributed by atoms with van der Waals surface area (Å²) in [5.74, 6) is 1.18. The molecule has 0 aliphatic carbocycles. The van der Waals surface area contributed by atoms with Gasteiger partial charge in [-0.05, 0) is 46.2 Å². The van der Waals surface area contributed by atoms with Crippen molar-refractivity contribution in [3.05, 3.63) is 11.4 Å². The fraction of sp³-hybridized carbons (Fsp3) is 0.700. The number of imidazole rings is 1. The van der Waals surface area contributed by atoms with E-state index in [4.69, 9.17) is 4.99 Å².